The highest BCUT2D eigenvalue weighted by atomic mass is 16.2. The van der Waals surface area contributed by atoms with Crippen molar-refractivity contribution in [1.29, 1.82) is 0 Å². The van der Waals surface area contributed by atoms with Crippen molar-refractivity contribution >= 4 is 5.91 Å². The van der Waals surface area contributed by atoms with Gasteiger partial charge in [0, 0.05) is 25.0 Å². The standard InChI is InChI=1S/C15H28N2O/c1-12(11-13-5-3-4-6-13)15(18)17-9-7-14(16-2)8-10-17/h12-14,16H,3-11H2,1-2H3. The van der Waals surface area contributed by atoms with Crippen LogP contribution in [-0.2, 0) is 4.79 Å². The molecule has 0 aromatic carbocycles. The fourth-order valence-corrected chi connectivity index (χ4v) is 3.55. The second kappa shape index (κ2) is 6.55. The fourth-order valence-electron chi connectivity index (χ4n) is 3.55. The van der Waals surface area contributed by atoms with Gasteiger partial charge in [-0.2, -0.15) is 0 Å². The molecule has 0 aromatic rings. The summed E-state index contributed by atoms with van der Waals surface area (Å²) < 4.78 is 0. The first-order valence-electron chi connectivity index (χ1n) is 7.66. The van der Waals surface area contributed by atoms with E-state index in [1.165, 1.54) is 25.7 Å². The zero-order valence-electron chi connectivity index (χ0n) is 12.0. The lowest BCUT2D eigenvalue weighted by Gasteiger charge is -2.34. The Morgan fingerprint density at radius 2 is 1.83 bits per heavy atom. The summed E-state index contributed by atoms with van der Waals surface area (Å²) in [5.74, 6) is 1.45. The van der Waals surface area contributed by atoms with Gasteiger partial charge in [0.2, 0.25) is 5.91 Å². The van der Waals surface area contributed by atoms with Gasteiger partial charge in [-0.1, -0.05) is 32.6 Å². The van der Waals surface area contributed by atoms with Crippen LogP contribution in [0.15, 0.2) is 0 Å². The molecule has 1 aliphatic carbocycles. The normalized spacial score (nSPS) is 24.4. The highest BCUT2D eigenvalue weighted by Crippen LogP contribution is 2.31. The number of carbonyl (C=O) groups excluding carboxylic acids is 1. The van der Waals surface area contributed by atoms with Gasteiger partial charge in [-0.05, 0) is 32.2 Å². The minimum atomic E-state index is 0.235. The van der Waals surface area contributed by atoms with Gasteiger partial charge in [-0.3, -0.25) is 4.79 Å². The van der Waals surface area contributed by atoms with E-state index in [1.54, 1.807) is 0 Å². The topological polar surface area (TPSA) is 32.3 Å². The Morgan fingerprint density at radius 3 is 2.39 bits per heavy atom. The summed E-state index contributed by atoms with van der Waals surface area (Å²) in [7, 11) is 2.02. The first kappa shape index (κ1) is 13.9. The first-order valence-corrected chi connectivity index (χ1v) is 7.66. The third-order valence-electron chi connectivity index (χ3n) is 4.80. The van der Waals surface area contributed by atoms with E-state index in [1.807, 2.05) is 7.05 Å². The van der Waals surface area contributed by atoms with E-state index in [-0.39, 0.29) is 5.92 Å². The molecule has 0 radical (unpaired) electrons. The van der Waals surface area contributed by atoms with Gasteiger partial charge in [-0.15, -0.1) is 0 Å². The Morgan fingerprint density at radius 1 is 1.22 bits per heavy atom. The van der Waals surface area contributed by atoms with Gasteiger partial charge >= 0.3 is 0 Å². The lowest BCUT2D eigenvalue weighted by Crippen LogP contribution is -2.45. The molecule has 1 atom stereocenters. The van der Waals surface area contributed by atoms with Gasteiger partial charge in [0.15, 0.2) is 0 Å². The predicted octanol–water partition coefficient (Wildman–Crippen LogP) is 2.41. The second-order valence-corrected chi connectivity index (χ2v) is 6.18. The highest BCUT2D eigenvalue weighted by molar-refractivity contribution is 5.78. The maximum atomic E-state index is 12.4. The zero-order valence-corrected chi connectivity index (χ0v) is 12.0. The number of hydrogen-bond donors (Lipinski definition) is 1. The van der Waals surface area contributed by atoms with Crippen molar-refractivity contribution in [2.45, 2.75) is 57.9 Å². The SMILES string of the molecule is CNC1CCN(C(=O)C(C)CC2CCCC2)CC1. The number of rotatable bonds is 4. The molecule has 1 saturated heterocycles. The smallest absolute Gasteiger partial charge is 0.225 e. The minimum Gasteiger partial charge on any atom is -0.342 e. The number of carbonyl (C=O) groups is 1. The molecule has 1 N–H and O–H groups in total. The van der Waals surface area contributed by atoms with Crippen molar-refractivity contribution in [2.75, 3.05) is 20.1 Å². The largest absolute Gasteiger partial charge is 0.342 e. The van der Waals surface area contributed by atoms with Crippen LogP contribution in [0.25, 0.3) is 0 Å². The molecule has 104 valence electrons. The molecule has 1 saturated carbocycles. The van der Waals surface area contributed by atoms with Crippen LogP contribution in [0.4, 0.5) is 0 Å². The lowest BCUT2D eigenvalue weighted by atomic mass is 9.93. The Labute approximate surface area is 111 Å². The Kier molecular flexibility index (Phi) is 5.04. The molecule has 2 rings (SSSR count). The molecule has 18 heavy (non-hydrogen) atoms. The molecule has 0 spiro atoms. The molecule has 1 unspecified atom stereocenters. The van der Waals surface area contributed by atoms with Gasteiger partial charge < -0.3 is 10.2 Å². The van der Waals surface area contributed by atoms with Crippen molar-refractivity contribution in [3.05, 3.63) is 0 Å². The summed E-state index contributed by atoms with van der Waals surface area (Å²) in [6.07, 6.45) is 8.78. The summed E-state index contributed by atoms with van der Waals surface area (Å²) in [6.45, 7) is 4.02. The summed E-state index contributed by atoms with van der Waals surface area (Å²) >= 11 is 0. The maximum Gasteiger partial charge on any atom is 0.225 e. The molecule has 3 nitrogen and oxygen atoms in total. The van der Waals surface area contributed by atoms with Crippen LogP contribution < -0.4 is 5.32 Å². The van der Waals surface area contributed by atoms with Gasteiger partial charge in [-0.25, -0.2) is 0 Å². The van der Waals surface area contributed by atoms with Crippen molar-refractivity contribution in [2.24, 2.45) is 11.8 Å². The number of amides is 1. The Bertz CT molecular complexity index is 266. The van der Waals surface area contributed by atoms with Crippen LogP contribution in [-0.4, -0.2) is 37.0 Å². The van der Waals surface area contributed by atoms with Crippen LogP contribution in [0.3, 0.4) is 0 Å². The van der Waals surface area contributed by atoms with E-state index in [0.29, 0.717) is 11.9 Å². The van der Waals surface area contributed by atoms with E-state index < -0.39 is 0 Å². The van der Waals surface area contributed by atoms with E-state index >= 15 is 0 Å². The average molecular weight is 252 g/mol. The summed E-state index contributed by atoms with van der Waals surface area (Å²) in [4.78, 5) is 14.5. The van der Waals surface area contributed by atoms with Gasteiger partial charge in [0.1, 0.15) is 0 Å². The van der Waals surface area contributed by atoms with Crippen molar-refractivity contribution < 1.29 is 4.79 Å². The number of likely N-dealkylation sites (tertiary alicyclic amines) is 1. The zero-order chi connectivity index (χ0) is 13.0. The number of nitrogens with one attached hydrogen (secondary N) is 1. The number of piperidine rings is 1. The van der Waals surface area contributed by atoms with Crippen molar-refractivity contribution in [3.63, 3.8) is 0 Å². The highest BCUT2D eigenvalue weighted by Gasteiger charge is 2.27. The molecule has 2 fully saturated rings. The van der Waals surface area contributed by atoms with Crippen LogP contribution in [0, 0.1) is 11.8 Å². The average Bonchev–Trinajstić information content (AvgIpc) is 2.91. The molecule has 3 heteroatoms. The molecular formula is C15H28N2O. The predicted molar refractivity (Wildman–Crippen MR) is 74.4 cm³/mol. The monoisotopic (exact) mass is 252 g/mol. The van der Waals surface area contributed by atoms with Gasteiger partial charge in [0.05, 0.1) is 0 Å². The second-order valence-electron chi connectivity index (χ2n) is 6.18. The first-order chi connectivity index (χ1) is 8.70. The molecule has 0 bridgehead atoms. The lowest BCUT2D eigenvalue weighted by molar-refractivity contribution is -0.136. The van der Waals surface area contributed by atoms with Crippen molar-refractivity contribution in [3.8, 4) is 0 Å². The van der Waals surface area contributed by atoms with Crippen molar-refractivity contribution in [1.82, 2.24) is 10.2 Å². The Balaban J connectivity index is 1.76. The van der Waals surface area contributed by atoms with E-state index in [4.69, 9.17) is 0 Å². The molecule has 1 amide bonds. The third-order valence-corrected chi connectivity index (χ3v) is 4.80. The van der Waals surface area contributed by atoms with Crippen LogP contribution >= 0.6 is 0 Å². The maximum absolute atomic E-state index is 12.4. The van der Waals surface area contributed by atoms with Crippen LogP contribution in [0.2, 0.25) is 0 Å². The summed E-state index contributed by atoms with van der Waals surface area (Å²) in [5, 5.41) is 3.31. The molecule has 1 heterocycles. The Hall–Kier alpha value is -0.570. The molecule has 0 aromatic heterocycles. The number of nitrogens with zero attached hydrogens (tertiary/aromatic N) is 1. The van der Waals surface area contributed by atoms with E-state index in [0.717, 1.165) is 38.3 Å². The number of hydrogen-bond acceptors (Lipinski definition) is 2. The van der Waals surface area contributed by atoms with Gasteiger partial charge in [0.25, 0.3) is 0 Å². The quantitative estimate of drug-likeness (QED) is 0.833. The fraction of sp³-hybridized carbons (Fsp3) is 0.933. The minimum absolute atomic E-state index is 0.235. The van der Waals surface area contributed by atoms with E-state index in [9.17, 15) is 4.79 Å². The van der Waals surface area contributed by atoms with E-state index in [2.05, 4.69) is 17.1 Å². The molecular weight excluding hydrogens is 224 g/mol. The third kappa shape index (κ3) is 3.47. The molecule has 1 aliphatic heterocycles. The van der Waals surface area contributed by atoms with Crippen LogP contribution in [0.1, 0.15) is 51.9 Å². The van der Waals surface area contributed by atoms with Crippen LogP contribution in [0.5, 0.6) is 0 Å². The molecule has 2 aliphatic rings. The summed E-state index contributed by atoms with van der Waals surface area (Å²) in [5.41, 5.74) is 0. The summed E-state index contributed by atoms with van der Waals surface area (Å²) in [6, 6.07) is 0.610.